The van der Waals surface area contributed by atoms with Crippen LogP contribution in [0.4, 0.5) is 0 Å². The zero-order chi connectivity index (χ0) is 20.9. The number of phenols is 1. The Bertz CT molecular complexity index is 1070. The van der Waals surface area contributed by atoms with Crippen LogP contribution >= 0.6 is 11.3 Å². The van der Waals surface area contributed by atoms with Gasteiger partial charge in [0.15, 0.2) is 5.01 Å². The number of aryl methyl sites for hydroxylation is 1. The minimum atomic E-state index is 0.0285. The SMILES string of the molecule is COC1CC2(C)CC(Oc3nnc(-c4ccc(-n5ccc(C)n5)cc4O)s3)CC1N2. The molecule has 158 valence electrons. The van der Waals surface area contributed by atoms with Crippen LogP contribution in [0.15, 0.2) is 30.5 Å². The van der Waals surface area contributed by atoms with Crippen LogP contribution in [0.25, 0.3) is 16.3 Å². The molecule has 0 saturated carbocycles. The summed E-state index contributed by atoms with van der Waals surface area (Å²) in [5, 5.41) is 28.2. The van der Waals surface area contributed by atoms with Gasteiger partial charge in [-0.05, 0) is 38.5 Å². The van der Waals surface area contributed by atoms with Gasteiger partial charge in [-0.1, -0.05) is 16.4 Å². The predicted molar refractivity (Wildman–Crippen MR) is 113 cm³/mol. The van der Waals surface area contributed by atoms with Crippen LogP contribution in [0, 0.1) is 6.92 Å². The number of fused-ring (bicyclic) bond motifs is 2. The fourth-order valence-electron chi connectivity index (χ4n) is 4.66. The van der Waals surface area contributed by atoms with Crippen molar-refractivity contribution in [3.8, 4) is 27.2 Å². The summed E-state index contributed by atoms with van der Waals surface area (Å²) in [5.74, 6) is 0.138. The molecule has 5 rings (SSSR count). The van der Waals surface area contributed by atoms with Crippen molar-refractivity contribution in [2.24, 2.45) is 0 Å². The molecule has 8 nitrogen and oxygen atoms in total. The van der Waals surface area contributed by atoms with E-state index < -0.39 is 0 Å². The molecule has 0 spiro atoms. The van der Waals surface area contributed by atoms with Gasteiger partial charge in [0.1, 0.15) is 11.9 Å². The number of aromatic hydroxyl groups is 1. The first kappa shape index (κ1) is 19.5. The summed E-state index contributed by atoms with van der Waals surface area (Å²) in [7, 11) is 1.77. The van der Waals surface area contributed by atoms with E-state index in [4.69, 9.17) is 9.47 Å². The van der Waals surface area contributed by atoms with E-state index in [0.29, 0.717) is 21.8 Å². The quantitative estimate of drug-likeness (QED) is 0.646. The Morgan fingerprint density at radius 3 is 2.87 bits per heavy atom. The molecule has 4 atom stereocenters. The maximum absolute atomic E-state index is 10.5. The molecule has 0 aliphatic carbocycles. The maximum atomic E-state index is 10.5. The van der Waals surface area contributed by atoms with Crippen molar-refractivity contribution in [2.45, 2.75) is 56.9 Å². The topological polar surface area (TPSA) is 94.3 Å². The van der Waals surface area contributed by atoms with Crippen molar-refractivity contribution in [1.29, 1.82) is 0 Å². The molecule has 0 amide bonds. The van der Waals surface area contributed by atoms with Crippen LogP contribution < -0.4 is 10.1 Å². The monoisotopic (exact) mass is 427 g/mol. The number of hydrogen-bond donors (Lipinski definition) is 2. The van der Waals surface area contributed by atoms with Crippen molar-refractivity contribution < 1.29 is 14.6 Å². The summed E-state index contributed by atoms with van der Waals surface area (Å²) in [6.07, 6.45) is 4.93. The number of benzene rings is 1. The van der Waals surface area contributed by atoms with E-state index in [1.54, 1.807) is 17.9 Å². The van der Waals surface area contributed by atoms with Crippen molar-refractivity contribution in [3.63, 3.8) is 0 Å². The molecule has 4 heterocycles. The number of ether oxygens (including phenoxy) is 2. The van der Waals surface area contributed by atoms with Crippen LogP contribution in [-0.4, -0.2) is 56.0 Å². The first-order valence-corrected chi connectivity index (χ1v) is 10.9. The number of rotatable bonds is 5. The van der Waals surface area contributed by atoms with E-state index >= 15 is 0 Å². The average Bonchev–Trinajstić information content (AvgIpc) is 3.39. The molecule has 9 heteroatoms. The molecular weight excluding hydrogens is 402 g/mol. The van der Waals surface area contributed by atoms with Gasteiger partial charge in [0.05, 0.1) is 23.0 Å². The number of phenolic OH excluding ortho intramolecular Hbond substituents is 1. The third kappa shape index (κ3) is 3.57. The van der Waals surface area contributed by atoms with Gasteiger partial charge in [-0.2, -0.15) is 5.10 Å². The number of nitrogens with zero attached hydrogens (tertiary/aromatic N) is 4. The van der Waals surface area contributed by atoms with Crippen LogP contribution in [0.1, 0.15) is 31.9 Å². The number of methoxy groups -OCH3 is 1. The molecule has 2 bridgehead atoms. The molecular formula is C21H25N5O3S. The lowest BCUT2D eigenvalue weighted by atomic mass is 9.91. The van der Waals surface area contributed by atoms with Gasteiger partial charge in [-0.3, -0.25) is 0 Å². The lowest BCUT2D eigenvalue weighted by Crippen LogP contribution is -2.51. The Morgan fingerprint density at radius 2 is 2.13 bits per heavy atom. The highest BCUT2D eigenvalue weighted by atomic mass is 32.1. The van der Waals surface area contributed by atoms with Crippen molar-refractivity contribution in [3.05, 3.63) is 36.2 Å². The number of nitrogens with one attached hydrogen (secondary N) is 1. The molecule has 2 N–H and O–H groups in total. The van der Waals surface area contributed by atoms with Crippen molar-refractivity contribution in [1.82, 2.24) is 25.3 Å². The summed E-state index contributed by atoms with van der Waals surface area (Å²) in [6.45, 7) is 4.15. The molecule has 2 aliphatic heterocycles. The Labute approximate surface area is 178 Å². The summed E-state index contributed by atoms with van der Waals surface area (Å²) in [6, 6.07) is 7.64. The Morgan fingerprint density at radius 1 is 1.27 bits per heavy atom. The second-order valence-electron chi connectivity index (χ2n) is 8.45. The van der Waals surface area contributed by atoms with E-state index in [9.17, 15) is 5.11 Å². The first-order valence-electron chi connectivity index (χ1n) is 10.1. The highest BCUT2D eigenvalue weighted by molar-refractivity contribution is 7.16. The van der Waals surface area contributed by atoms with E-state index in [2.05, 4.69) is 27.5 Å². The van der Waals surface area contributed by atoms with Crippen LogP contribution in [0.2, 0.25) is 0 Å². The minimum Gasteiger partial charge on any atom is -0.507 e. The average molecular weight is 428 g/mol. The Kier molecular flexibility index (Phi) is 4.76. The van der Waals surface area contributed by atoms with Crippen molar-refractivity contribution >= 4 is 11.3 Å². The number of hydrogen-bond acceptors (Lipinski definition) is 8. The zero-order valence-electron chi connectivity index (χ0n) is 17.2. The number of piperidine rings is 1. The summed E-state index contributed by atoms with van der Waals surface area (Å²) in [5.41, 5.74) is 2.37. The molecule has 2 aromatic heterocycles. The molecule has 1 aromatic carbocycles. The van der Waals surface area contributed by atoms with Gasteiger partial charge < -0.3 is 19.9 Å². The molecule has 30 heavy (non-hydrogen) atoms. The summed E-state index contributed by atoms with van der Waals surface area (Å²) >= 11 is 1.35. The van der Waals surface area contributed by atoms with Crippen LogP contribution in [-0.2, 0) is 4.74 Å². The lowest BCUT2D eigenvalue weighted by Gasteiger charge is -2.35. The highest BCUT2D eigenvalue weighted by Gasteiger charge is 2.48. The number of aromatic nitrogens is 4. The van der Waals surface area contributed by atoms with E-state index in [1.807, 2.05) is 31.3 Å². The van der Waals surface area contributed by atoms with Gasteiger partial charge in [0.25, 0.3) is 5.19 Å². The fraction of sp³-hybridized carbons (Fsp3) is 0.476. The van der Waals surface area contributed by atoms with Crippen LogP contribution in [0.5, 0.6) is 10.9 Å². The van der Waals surface area contributed by atoms with Gasteiger partial charge in [-0.15, -0.1) is 5.10 Å². The van der Waals surface area contributed by atoms with Gasteiger partial charge in [0, 0.05) is 43.8 Å². The Balaban J connectivity index is 1.31. The molecule has 3 aromatic rings. The highest BCUT2D eigenvalue weighted by Crippen LogP contribution is 2.40. The van der Waals surface area contributed by atoms with Gasteiger partial charge >= 0.3 is 0 Å². The van der Waals surface area contributed by atoms with Crippen molar-refractivity contribution in [2.75, 3.05) is 7.11 Å². The second kappa shape index (κ2) is 7.33. The second-order valence-corrected chi connectivity index (χ2v) is 9.39. The molecule has 4 unspecified atom stereocenters. The molecule has 2 aliphatic rings. The maximum Gasteiger partial charge on any atom is 0.294 e. The predicted octanol–water partition coefficient (Wildman–Crippen LogP) is 3.08. The minimum absolute atomic E-state index is 0.0285. The third-order valence-corrected chi connectivity index (χ3v) is 6.85. The van der Waals surface area contributed by atoms with E-state index in [1.165, 1.54) is 11.3 Å². The smallest absolute Gasteiger partial charge is 0.294 e. The Hall–Kier alpha value is -2.49. The van der Waals surface area contributed by atoms with Crippen LogP contribution in [0.3, 0.4) is 0 Å². The van der Waals surface area contributed by atoms with Gasteiger partial charge in [-0.25, -0.2) is 4.68 Å². The van der Waals surface area contributed by atoms with Gasteiger partial charge in [0.2, 0.25) is 0 Å². The lowest BCUT2D eigenvalue weighted by molar-refractivity contribution is 0.0701. The zero-order valence-corrected chi connectivity index (χ0v) is 18.0. The summed E-state index contributed by atoms with van der Waals surface area (Å²) in [4.78, 5) is 0. The largest absolute Gasteiger partial charge is 0.507 e. The standard InChI is InChI=1S/C21H25N5O3S/c1-12-6-7-26(25-12)13-4-5-15(17(27)8-13)19-23-24-20(30-19)29-14-9-16-18(28-3)11-21(2,10-14)22-16/h4-8,14,16,18,22,27H,9-11H2,1-3H3. The molecule has 2 fully saturated rings. The van der Waals surface area contributed by atoms with E-state index in [0.717, 1.165) is 30.6 Å². The summed E-state index contributed by atoms with van der Waals surface area (Å²) < 4.78 is 13.5. The normalized spacial score (nSPS) is 28.0. The van der Waals surface area contributed by atoms with E-state index in [-0.39, 0.29) is 23.5 Å². The first-order chi connectivity index (χ1) is 14.4. The fourth-order valence-corrected chi connectivity index (χ4v) is 5.45. The molecule has 2 saturated heterocycles. The molecule has 0 radical (unpaired) electrons. The third-order valence-electron chi connectivity index (χ3n) is 6.00.